The van der Waals surface area contributed by atoms with E-state index in [1.54, 1.807) is 0 Å². The van der Waals surface area contributed by atoms with E-state index in [-0.39, 0.29) is 70.6 Å². The molecule has 108 valence electrons. The van der Waals surface area contributed by atoms with Crippen LogP contribution < -0.4 is 56.5 Å². The zero-order valence-corrected chi connectivity index (χ0v) is 15.2. The van der Waals surface area contributed by atoms with Gasteiger partial charge in [0.2, 0.25) is 0 Å². The van der Waals surface area contributed by atoms with Crippen molar-refractivity contribution in [1.29, 1.82) is 0 Å². The van der Waals surface area contributed by atoms with Gasteiger partial charge < -0.3 is 15.3 Å². The Labute approximate surface area is 161 Å². The number of carbonyl (C=O) groups is 2. The van der Waals surface area contributed by atoms with Crippen LogP contribution in [0, 0.1) is 0 Å². The summed E-state index contributed by atoms with van der Waals surface area (Å²) in [4.78, 5) is 24.7. The molecule has 0 bridgehead atoms. The summed E-state index contributed by atoms with van der Waals surface area (Å²) >= 11 is 0. The number of unbranched alkanes of at least 4 members (excludes halogenated alkanes) is 2. The van der Waals surface area contributed by atoms with E-state index in [2.05, 4.69) is 4.99 Å². The van der Waals surface area contributed by atoms with E-state index in [9.17, 15) is 14.7 Å². The number of hydrogen-bond acceptors (Lipinski definition) is 4. The second-order valence-electron chi connectivity index (χ2n) is 4.12. The van der Waals surface area contributed by atoms with Crippen molar-refractivity contribution in [3.05, 3.63) is 12.2 Å². The Kier molecular flexibility index (Phi) is 15.2. The zero-order chi connectivity index (χ0) is 14.7. The fourth-order valence-corrected chi connectivity index (χ4v) is 1.45. The van der Waals surface area contributed by atoms with Crippen molar-refractivity contribution in [1.82, 2.24) is 0 Å². The van der Waals surface area contributed by atoms with Crippen LogP contribution in [0.5, 0.6) is 0 Å². The van der Waals surface area contributed by atoms with Gasteiger partial charge in [0.1, 0.15) is 6.04 Å². The Bertz CT molecular complexity index is 355. The number of hydrogen-bond donors (Lipinski definition) is 2. The van der Waals surface area contributed by atoms with Gasteiger partial charge in [-0.1, -0.05) is 12.2 Å². The summed E-state index contributed by atoms with van der Waals surface area (Å²) in [6.45, 7) is 1.92. The Morgan fingerprint density at radius 1 is 1.25 bits per heavy atom. The van der Waals surface area contributed by atoms with Crippen LogP contribution in [0.15, 0.2) is 17.1 Å². The van der Waals surface area contributed by atoms with Gasteiger partial charge in [-0.3, -0.25) is 9.79 Å². The fraction of sp³-hybridized carbons (Fsp3) is 0.615. The van der Waals surface area contributed by atoms with Crippen LogP contribution >= 0.6 is 0 Å². The largest absolute Gasteiger partial charge is 1.00 e. The van der Waals surface area contributed by atoms with E-state index in [0.29, 0.717) is 6.42 Å². The smallest absolute Gasteiger partial charge is 0.862 e. The topological polar surface area (TPSA) is 110 Å². The van der Waals surface area contributed by atoms with E-state index >= 15 is 0 Å². The minimum atomic E-state index is -1.26. The third kappa shape index (κ3) is 12.8. The molecular weight excluding hydrogens is 289 g/mol. The number of carboxylic acid groups (broad SMARTS) is 2. The molecule has 0 radical (unpaired) electrons. The number of allylic oxidation sites excluding steroid dienone is 2. The molecule has 6 nitrogen and oxygen atoms in total. The first-order valence-electron chi connectivity index (χ1n) is 6.26. The van der Waals surface area contributed by atoms with Gasteiger partial charge in [-0.25, -0.2) is 4.79 Å². The van der Waals surface area contributed by atoms with E-state index in [4.69, 9.17) is 10.2 Å². The van der Waals surface area contributed by atoms with Gasteiger partial charge in [-0.2, -0.15) is 0 Å². The molecular formula is C13H20KNO5. The molecule has 2 N–H and O–H groups in total. The third-order valence-electron chi connectivity index (χ3n) is 2.46. The first-order chi connectivity index (χ1) is 8.97. The molecule has 0 aliphatic carbocycles. The van der Waals surface area contributed by atoms with Crippen LogP contribution in [0.2, 0.25) is 0 Å². The molecule has 7 heteroatoms. The maximum atomic E-state index is 11.4. The predicted molar refractivity (Wildman–Crippen MR) is 69.0 cm³/mol. The maximum Gasteiger partial charge on any atom is 1.00 e. The van der Waals surface area contributed by atoms with Crippen molar-refractivity contribution < 1.29 is 76.3 Å². The summed E-state index contributed by atoms with van der Waals surface area (Å²) < 4.78 is 0. The summed E-state index contributed by atoms with van der Waals surface area (Å²) in [5, 5.41) is 28.7. The van der Waals surface area contributed by atoms with Crippen molar-refractivity contribution in [3.8, 4) is 0 Å². The molecule has 0 spiro atoms. The zero-order valence-electron chi connectivity index (χ0n) is 12.0. The summed E-state index contributed by atoms with van der Waals surface area (Å²) in [5.74, 6) is -2.83. The van der Waals surface area contributed by atoms with Crippen molar-refractivity contribution in [2.45, 2.75) is 51.5 Å². The summed E-state index contributed by atoms with van der Waals surface area (Å²) in [6, 6.07) is -1.25. The molecule has 0 unspecified atom stereocenters. The van der Waals surface area contributed by atoms with Gasteiger partial charge in [0.05, 0.1) is 0 Å². The van der Waals surface area contributed by atoms with Gasteiger partial charge in [0.15, 0.2) is 0 Å². The average molecular weight is 309 g/mol. The van der Waals surface area contributed by atoms with Crippen molar-refractivity contribution in [2.75, 3.05) is 0 Å². The molecule has 0 aromatic rings. The number of aliphatic carboxylic acids is 2. The fourth-order valence-electron chi connectivity index (χ4n) is 1.45. The molecule has 20 heavy (non-hydrogen) atoms. The number of aliphatic imine (C=N–C) groups is 1. The Morgan fingerprint density at radius 3 is 2.40 bits per heavy atom. The van der Waals surface area contributed by atoms with E-state index in [0.717, 1.165) is 12.8 Å². The summed E-state index contributed by atoms with van der Waals surface area (Å²) in [6.07, 6.45) is 6.03. The molecule has 0 fully saturated rings. The molecule has 0 amide bonds. The predicted octanol–water partition coefficient (Wildman–Crippen LogP) is -1.80. The molecule has 0 aromatic heterocycles. The van der Waals surface area contributed by atoms with Gasteiger partial charge in [0, 0.05) is 6.42 Å². The quantitative estimate of drug-likeness (QED) is 0.163. The van der Waals surface area contributed by atoms with Crippen LogP contribution in [0.4, 0.5) is 0 Å². The van der Waals surface area contributed by atoms with E-state index in [1.165, 1.54) is 0 Å². The average Bonchev–Trinajstić information content (AvgIpc) is 2.33. The van der Waals surface area contributed by atoms with E-state index in [1.807, 2.05) is 19.1 Å². The minimum Gasteiger partial charge on any atom is -0.862 e. The number of rotatable bonds is 10. The Balaban J connectivity index is 0. The molecule has 0 aliphatic heterocycles. The molecule has 0 heterocycles. The Morgan fingerprint density at radius 2 is 1.90 bits per heavy atom. The molecule has 0 aliphatic rings. The minimum absolute atomic E-state index is 0. The van der Waals surface area contributed by atoms with Crippen LogP contribution in [0.25, 0.3) is 0 Å². The van der Waals surface area contributed by atoms with Gasteiger partial charge in [-0.05, 0) is 44.9 Å². The van der Waals surface area contributed by atoms with Crippen LogP contribution in [-0.2, 0) is 9.59 Å². The van der Waals surface area contributed by atoms with Crippen molar-refractivity contribution in [3.63, 3.8) is 0 Å². The monoisotopic (exact) mass is 309 g/mol. The Hall–Kier alpha value is -0.214. The van der Waals surface area contributed by atoms with Crippen LogP contribution in [0.3, 0.4) is 0 Å². The molecule has 0 saturated heterocycles. The normalized spacial score (nSPS) is 12.9. The molecule has 0 rings (SSSR count). The molecule has 0 saturated carbocycles. The second-order valence-corrected chi connectivity index (χ2v) is 4.12. The van der Waals surface area contributed by atoms with Crippen molar-refractivity contribution >= 4 is 17.8 Å². The van der Waals surface area contributed by atoms with Crippen LogP contribution in [0.1, 0.15) is 45.4 Å². The number of carboxylic acids is 2. The number of nitrogens with zero attached hydrogens (tertiary/aromatic N) is 1. The maximum absolute atomic E-state index is 11.4. The van der Waals surface area contributed by atoms with E-state index < -0.39 is 23.9 Å². The van der Waals surface area contributed by atoms with Crippen LogP contribution in [-0.4, -0.2) is 34.1 Å². The van der Waals surface area contributed by atoms with Gasteiger partial charge >= 0.3 is 63.3 Å². The SMILES string of the molecule is C/C=C/CCCCC([O-])=N[C@@H](CCC(=O)O)C(=O)O.[K+]. The van der Waals surface area contributed by atoms with Gasteiger partial charge in [0.25, 0.3) is 0 Å². The summed E-state index contributed by atoms with van der Waals surface area (Å²) in [5.41, 5.74) is 0. The second kappa shape index (κ2) is 13.8. The van der Waals surface area contributed by atoms with Crippen molar-refractivity contribution in [2.24, 2.45) is 4.99 Å². The summed E-state index contributed by atoms with van der Waals surface area (Å²) in [7, 11) is 0. The standard InChI is InChI=1S/C13H21NO5.K/c1-2-3-4-5-6-7-11(15)14-10(13(18)19)8-9-12(16)17;/h2-3,10H,4-9H2,1H3,(H,14,15)(H,16,17)(H,18,19);/q;+1/p-1/b3-2+;/t10-;/m0./s1. The first kappa shape index (κ1) is 22.1. The molecule has 0 aromatic carbocycles. The molecule has 1 atom stereocenters. The first-order valence-corrected chi connectivity index (χ1v) is 6.26. The van der Waals surface area contributed by atoms with Gasteiger partial charge in [-0.15, -0.1) is 0 Å². The third-order valence-corrected chi connectivity index (χ3v) is 2.46.